The van der Waals surface area contributed by atoms with Gasteiger partial charge in [-0.25, -0.2) is 4.79 Å². The third-order valence-electron chi connectivity index (χ3n) is 4.07. The van der Waals surface area contributed by atoms with Crippen LogP contribution in [0.2, 0.25) is 0 Å². The number of benzene rings is 3. The molecule has 0 atom stereocenters. The van der Waals surface area contributed by atoms with Crippen molar-refractivity contribution < 1.29 is 34.1 Å². The number of phenols is 2. The summed E-state index contributed by atoms with van der Waals surface area (Å²) < 4.78 is 10.9. The van der Waals surface area contributed by atoms with Crippen LogP contribution in [0, 0.1) is 0 Å². The van der Waals surface area contributed by atoms with E-state index >= 15 is 0 Å². The molecule has 10 heteroatoms. The van der Waals surface area contributed by atoms with E-state index < -0.39 is 24.4 Å². The van der Waals surface area contributed by atoms with Gasteiger partial charge in [0.2, 0.25) is 0 Å². The van der Waals surface area contributed by atoms with Gasteiger partial charge in [0.05, 0.1) is 0 Å². The van der Waals surface area contributed by atoms with E-state index in [0.717, 1.165) is 10.5 Å². The van der Waals surface area contributed by atoms with Crippen LogP contribution in [0.25, 0.3) is 10.8 Å². The number of carbonyl (C=O) groups excluding carboxylic acids is 3. The molecule has 0 unspecified atom stereocenters. The molecule has 0 aliphatic carbocycles. The molecule has 0 aliphatic heterocycles. The Labute approximate surface area is 184 Å². The lowest BCUT2D eigenvalue weighted by molar-refractivity contribution is -0.131. The van der Waals surface area contributed by atoms with Crippen molar-refractivity contribution in [3.8, 4) is 17.2 Å². The highest BCUT2D eigenvalue weighted by atomic mass is 79.9. The highest BCUT2D eigenvalue weighted by Gasteiger charge is 2.19. The summed E-state index contributed by atoms with van der Waals surface area (Å²) in [5.74, 6) is -2.58. The lowest BCUT2D eigenvalue weighted by Gasteiger charge is -2.11. The average molecular weight is 489 g/mol. The molecule has 0 saturated heterocycles. The molecule has 0 aliphatic rings. The first-order valence-corrected chi connectivity index (χ1v) is 9.71. The normalized spacial score (nSPS) is 10.4. The van der Waals surface area contributed by atoms with Crippen molar-refractivity contribution in [2.24, 2.45) is 0 Å². The van der Waals surface area contributed by atoms with Gasteiger partial charge in [-0.15, -0.1) is 0 Å². The standard InChI is InChI=1S/C21H17BrN2O7/c22-12-5-7-13(8-6-12)30-10-18(26)23-24-19(27)11-31-21(29)16-9-17(25)14-3-1-2-4-15(14)20(16)28/h1-9,25,28H,10-11H2,(H,23,26)(H,24,27). The van der Waals surface area contributed by atoms with Gasteiger partial charge in [-0.1, -0.05) is 40.2 Å². The second-order valence-electron chi connectivity index (χ2n) is 6.25. The first-order valence-electron chi connectivity index (χ1n) is 8.92. The molecule has 0 heterocycles. The Morgan fingerprint density at radius 1 is 0.871 bits per heavy atom. The maximum absolute atomic E-state index is 12.2. The van der Waals surface area contributed by atoms with E-state index in [1.54, 1.807) is 42.5 Å². The SMILES string of the molecule is O=C(COC(=O)c1cc(O)c2ccccc2c1O)NNC(=O)COc1ccc(Br)cc1. The number of hydrogen-bond acceptors (Lipinski definition) is 7. The average Bonchev–Trinajstić information content (AvgIpc) is 2.78. The minimum atomic E-state index is -1.02. The Kier molecular flexibility index (Phi) is 6.93. The van der Waals surface area contributed by atoms with E-state index in [0.29, 0.717) is 11.1 Å². The fourth-order valence-electron chi connectivity index (χ4n) is 2.60. The van der Waals surface area contributed by atoms with Crippen molar-refractivity contribution in [3.05, 3.63) is 64.6 Å². The Bertz CT molecular complexity index is 1130. The van der Waals surface area contributed by atoms with Gasteiger partial charge in [0.15, 0.2) is 13.2 Å². The number of fused-ring (bicyclic) bond motifs is 1. The number of halogens is 1. The van der Waals surface area contributed by atoms with Crippen molar-refractivity contribution in [2.75, 3.05) is 13.2 Å². The predicted octanol–water partition coefficient (Wildman–Crippen LogP) is 2.40. The lowest BCUT2D eigenvalue weighted by Crippen LogP contribution is -2.45. The van der Waals surface area contributed by atoms with Crippen molar-refractivity contribution in [3.63, 3.8) is 0 Å². The zero-order chi connectivity index (χ0) is 22.4. The van der Waals surface area contributed by atoms with Crippen LogP contribution in [0.1, 0.15) is 10.4 Å². The van der Waals surface area contributed by atoms with Crippen molar-refractivity contribution in [2.45, 2.75) is 0 Å². The van der Waals surface area contributed by atoms with Crippen molar-refractivity contribution in [1.29, 1.82) is 0 Å². The van der Waals surface area contributed by atoms with Gasteiger partial charge in [0.25, 0.3) is 11.8 Å². The van der Waals surface area contributed by atoms with E-state index in [-0.39, 0.29) is 29.1 Å². The van der Waals surface area contributed by atoms with Crippen LogP contribution in [-0.4, -0.2) is 41.2 Å². The molecule has 4 N–H and O–H groups in total. The minimum Gasteiger partial charge on any atom is -0.507 e. The lowest BCUT2D eigenvalue weighted by atomic mass is 10.0. The van der Waals surface area contributed by atoms with E-state index in [1.165, 1.54) is 6.07 Å². The predicted molar refractivity (Wildman–Crippen MR) is 113 cm³/mol. The van der Waals surface area contributed by atoms with Crippen LogP contribution >= 0.6 is 15.9 Å². The fraction of sp³-hybridized carbons (Fsp3) is 0.0952. The molecule has 3 aromatic rings. The number of esters is 1. The third-order valence-corrected chi connectivity index (χ3v) is 4.60. The second kappa shape index (κ2) is 9.81. The Morgan fingerprint density at radius 3 is 2.16 bits per heavy atom. The Morgan fingerprint density at radius 2 is 1.48 bits per heavy atom. The topological polar surface area (TPSA) is 134 Å². The fourth-order valence-corrected chi connectivity index (χ4v) is 2.86. The van der Waals surface area contributed by atoms with Gasteiger partial charge in [-0.05, 0) is 30.3 Å². The summed E-state index contributed by atoms with van der Waals surface area (Å²) in [7, 11) is 0. The van der Waals surface area contributed by atoms with Gasteiger partial charge < -0.3 is 19.7 Å². The molecule has 3 aromatic carbocycles. The van der Waals surface area contributed by atoms with Crippen LogP contribution in [0.5, 0.6) is 17.2 Å². The first-order chi connectivity index (χ1) is 14.8. The molecular weight excluding hydrogens is 472 g/mol. The smallest absolute Gasteiger partial charge is 0.342 e. The summed E-state index contributed by atoms with van der Waals surface area (Å²) in [6, 6.07) is 14.3. The number of hydrazine groups is 1. The van der Waals surface area contributed by atoms with E-state index in [9.17, 15) is 24.6 Å². The molecule has 3 rings (SSSR count). The number of phenolic OH excluding ortho intramolecular Hbond substituents is 2. The van der Waals surface area contributed by atoms with Gasteiger partial charge >= 0.3 is 5.97 Å². The van der Waals surface area contributed by atoms with E-state index in [2.05, 4.69) is 26.8 Å². The largest absolute Gasteiger partial charge is 0.507 e. The molecule has 0 bridgehead atoms. The number of carbonyl (C=O) groups is 3. The quantitative estimate of drug-likeness (QED) is 0.237. The van der Waals surface area contributed by atoms with Crippen LogP contribution < -0.4 is 15.6 Å². The number of amides is 2. The van der Waals surface area contributed by atoms with Gasteiger partial charge in [-0.3, -0.25) is 20.4 Å². The van der Waals surface area contributed by atoms with E-state index in [1.807, 2.05) is 0 Å². The molecule has 2 amide bonds. The van der Waals surface area contributed by atoms with Crippen molar-refractivity contribution >= 4 is 44.5 Å². The van der Waals surface area contributed by atoms with Crippen LogP contribution in [0.3, 0.4) is 0 Å². The summed E-state index contributed by atoms with van der Waals surface area (Å²) in [6.45, 7) is -1.06. The molecule has 0 spiro atoms. The molecule has 0 saturated carbocycles. The monoisotopic (exact) mass is 488 g/mol. The number of hydrogen-bond donors (Lipinski definition) is 4. The third kappa shape index (κ3) is 5.64. The zero-order valence-corrected chi connectivity index (χ0v) is 17.5. The molecule has 160 valence electrons. The molecular formula is C21H17BrN2O7. The van der Waals surface area contributed by atoms with E-state index in [4.69, 9.17) is 9.47 Å². The van der Waals surface area contributed by atoms with Crippen LogP contribution in [0.4, 0.5) is 0 Å². The Balaban J connectivity index is 1.47. The number of ether oxygens (including phenoxy) is 2. The maximum atomic E-state index is 12.2. The highest BCUT2D eigenvalue weighted by molar-refractivity contribution is 9.10. The van der Waals surface area contributed by atoms with Gasteiger partial charge in [0, 0.05) is 15.2 Å². The molecule has 0 fully saturated rings. The summed E-state index contributed by atoms with van der Waals surface area (Å²) in [5, 5.41) is 20.9. The second-order valence-corrected chi connectivity index (χ2v) is 7.17. The van der Waals surface area contributed by atoms with Crippen molar-refractivity contribution in [1.82, 2.24) is 10.9 Å². The zero-order valence-electron chi connectivity index (χ0n) is 15.9. The summed E-state index contributed by atoms with van der Waals surface area (Å²) in [5.41, 5.74) is 3.90. The molecule has 9 nitrogen and oxygen atoms in total. The molecule has 31 heavy (non-hydrogen) atoms. The minimum absolute atomic E-state index is 0.220. The number of rotatable bonds is 6. The number of nitrogens with one attached hydrogen (secondary N) is 2. The maximum Gasteiger partial charge on any atom is 0.342 e. The first kappa shape index (κ1) is 21.9. The van der Waals surface area contributed by atoms with Gasteiger partial charge in [0.1, 0.15) is 22.8 Å². The number of aromatic hydroxyl groups is 2. The van der Waals surface area contributed by atoms with Gasteiger partial charge in [-0.2, -0.15) is 0 Å². The van der Waals surface area contributed by atoms with Crippen LogP contribution in [-0.2, 0) is 14.3 Å². The Hall–Kier alpha value is -3.79. The summed E-state index contributed by atoms with van der Waals surface area (Å²) in [6.07, 6.45) is 0. The molecule has 0 radical (unpaired) electrons. The highest BCUT2D eigenvalue weighted by Crippen LogP contribution is 2.35. The molecule has 0 aromatic heterocycles. The van der Waals surface area contributed by atoms with Crippen LogP contribution in [0.15, 0.2) is 59.1 Å². The summed E-state index contributed by atoms with van der Waals surface area (Å²) in [4.78, 5) is 35.7. The summed E-state index contributed by atoms with van der Waals surface area (Å²) >= 11 is 3.28.